The monoisotopic (exact) mass is 458 g/mol. The van der Waals surface area contributed by atoms with Gasteiger partial charge in [-0.3, -0.25) is 14.9 Å². The number of rotatable bonds is 9. The minimum absolute atomic E-state index is 0.00538. The van der Waals surface area contributed by atoms with E-state index in [9.17, 15) is 23.7 Å². The third kappa shape index (κ3) is 5.65. The van der Waals surface area contributed by atoms with E-state index in [-0.39, 0.29) is 23.8 Å². The molecule has 2 aromatic carbocycles. The molecule has 0 spiro atoms. The van der Waals surface area contributed by atoms with E-state index < -0.39 is 29.6 Å². The van der Waals surface area contributed by atoms with Crippen molar-refractivity contribution in [3.8, 4) is 11.5 Å². The topological polar surface area (TPSA) is 104 Å². The Labute approximate surface area is 187 Å². The van der Waals surface area contributed by atoms with Crippen LogP contribution in [0.2, 0.25) is 0 Å². The maximum Gasteiger partial charge on any atom is 0.291 e. The zero-order valence-corrected chi connectivity index (χ0v) is 17.4. The Bertz CT molecular complexity index is 1180. The number of nitro groups is 1. The van der Waals surface area contributed by atoms with Crippen LogP contribution >= 0.6 is 0 Å². The average Bonchev–Trinajstić information content (AvgIpc) is 3.45. The van der Waals surface area contributed by atoms with Crippen molar-refractivity contribution < 1.29 is 32.4 Å². The summed E-state index contributed by atoms with van der Waals surface area (Å²) in [5.41, 5.74) is 2.20. The number of aryl methyl sites for hydroxylation is 2. The van der Waals surface area contributed by atoms with Gasteiger partial charge in [0, 0.05) is 12.1 Å². The molecule has 1 heterocycles. The molecule has 4 rings (SSSR count). The summed E-state index contributed by atoms with van der Waals surface area (Å²) in [5.74, 6) is 0.262. The Kier molecular flexibility index (Phi) is 6.53. The zero-order chi connectivity index (χ0) is 23.4. The first kappa shape index (κ1) is 22.3. The lowest BCUT2D eigenvalue weighted by atomic mass is 10.1. The largest absolute Gasteiger partial charge is 0.487 e. The minimum atomic E-state index is -2.75. The van der Waals surface area contributed by atoms with Gasteiger partial charge in [0.25, 0.3) is 18.0 Å². The van der Waals surface area contributed by atoms with Crippen molar-refractivity contribution >= 4 is 17.3 Å². The van der Waals surface area contributed by atoms with E-state index in [0.717, 1.165) is 31.4 Å². The maximum absolute atomic E-state index is 12.5. The van der Waals surface area contributed by atoms with Gasteiger partial charge in [-0.05, 0) is 54.7 Å². The molecule has 1 amide bonds. The molecule has 1 aliphatic rings. The molecule has 1 aliphatic carbocycles. The van der Waals surface area contributed by atoms with Crippen LogP contribution in [0.4, 0.5) is 20.2 Å². The number of non-ortho nitro benzene ring substituents is 1. The number of benzene rings is 2. The van der Waals surface area contributed by atoms with Crippen LogP contribution in [0.5, 0.6) is 11.5 Å². The summed E-state index contributed by atoms with van der Waals surface area (Å²) >= 11 is 0. The van der Waals surface area contributed by atoms with Gasteiger partial charge in [0.15, 0.2) is 5.76 Å². The number of nitrogens with one attached hydrogen (secondary N) is 1. The van der Waals surface area contributed by atoms with Crippen molar-refractivity contribution in [2.24, 2.45) is 0 Å². The molecule has 10 heteroatoms. The molecule has 0 bridgehead atoms. The van der Waals surface area contributed by atoms with E-state index in [2.05, 4.69) is 11.4 Å². The first-order chi connectivity index (χ1) is 15.9. The number of ether oxygens (including phenoxy) is 2. The number of amides is 1. The number of fused-ring (bicyclic) bond motifs is 1. The first-order valence-electron chi connectivity index (χ1n) is 10.2. The van der Waals surface area contributed by atoms with E-state index in [1.54, 1.807) is 6.07 Å². The molecule has 0 aliphatic heterocycles. The van der Waals surface area contributed by atoms with Crippen LogP contribution in [-0.4, -0.2) is 23.9 Å². The second-order valence-electron chi connectivity index (χ2n) is 7.47. The summed E-state index contributed by atoms with van der Waals surface area (Å²) in [4.78, 5) is 22.9. The maximum atomic E-state index is 12.5. The lowest BCUT2D eigenvalue weighted by Gasteiger charge is -2.09. The number of carbonyl (C=O) groups excluding carboxylic acids is 1. The molecule has 1 N–H and O–H groups in total. The number of anilines is 1. The predicted octanol–water partition coefficient (Wildman–Crippen LogP) is 5.15. The predicted molar refractivity (Wildman–Crippen MR) is 114 cm³/mol. The number of nitrogens with zero attached hydrogens (tertiary/aromatic N) is 1. The van der Waals surface area contributed by atoms with Gasteiger partial charge in [-0.2, -0.15) is 0 Å². The highest BCUT2D eigenvalue weighted by Gasteiger charge is 2.17. The molecule has 0 radical (unpaired) electrons. The van der Waals surface area contributed by atoms with E-state index in [0.29, 0.717) is 11.5 Å². The van der Waals surface area contributed by atoms with Gasteiger partial charge in [-0.25, -0.2) is 8.78 Å². The van der Waals surface area contributed by atoms with E-state index in [1.165, 1.54) is 23.3 Å². The number of carbonyl (C=O) groups is 1. The van der Waals surface area contributed by atoms with Crippen molar-refractivity contribution in [1.29, 1.82) is 0 Å². The Morgan fingerprint density at radius 1 is 1.06 bits per heavy atom. The number of furan rings is 1. The van der Waals surface area contributed by atoms with Gasteiger partial charge in [-0.1, -0.05) is 6.07 Å². The standard InChI is InChI=1S/C23H20F2N2O6/c24-22(25)13-32-20-10-16(9-17(11-20)27(29)30)26-23(28)21-7-6-19(33-21)12-31-18-5-4-14-2-1-3-15(14)8-18/h4-11,22H,1-3,12-13H2,(H,26,28). The quantitative estimate of drug-likeness (QED) is 0.351. The van der Waals surface area contributed by atoms with Crippen LogP contribution in [0, 0.1) is 10.1 Å². The summed E-state index contributed by atoms with van der Waals surface area (Å²) in [6.07, 6.45) is 0.503. The number of nitro benzene ring substituents is 1. The van der Waals surface area contributed by atoms with Crippen LogP contribution < -0.4 is 14.8 Å². The molecule has 0 fully saturated rings. The fourth-order valence-corrected chi connectivity index (χ4v) is 3.57. The molecule has 0 atom stereocenters. The first-order valence-corrected chi connectivity index (χ1v) is 10.2. The second kappa shape index (κ2) is 9.68. The van der Waals surface area contributed by atoms with Crippen LogP contribution in [-0.2, 0) is 19.4 Å². The minimum Gasteiger partial charge on any atom is -0.487 e. The second-order valence-corrected chi connectivity index (χ2v) is 7.47. The van der Waals surface area contributed by atoms with Crippen molar-refractivity contribution in [3.05, 3.63) is 81.3 Å². The molecule has 0 saturated heterocycles. The van der Waals surface area contributed by atoms with E-state index >= 15 is 0 Å². The van der Waals surface area contributed by atoms with Crippen molar-refractivity contribution in [2.45, 2.75) is 32.3 Å². The van der Waals surface area contributed by atoms with Crippen LogP contribution in [0.25, 0.3) is 0 Å². The van der Waals surface area contributed by atoms with Crippen molar-refractivity contribution in [3.63, 3.8) is 0 Å². The van der Waals surface area contributed by atoms with Gasteiger partial charge in [0.1, 0.15) is 30.5 Å². The zero-order valence-electron chi connectivity index (χ0n) is 17.4. The summed E-state index contributed by atoms with van der Waals surface area (Å²) in [5, 5.41) is 13.6. The summed E-state index contributed by atoms with van der Waals surface area (Å²) in [7, 11) is 0. The average molecular weight is 458 g/mol. The summed E-state index contributed by atoms with van der Waals surface area (Å²) < 4.78 is 40.9. The Morgan fingerprint density at radius 2 is 1.88 bits per heavy atom. The molecule has 3 aromatic rings. The Morgan fingerprint density at radius 3 is 2.67 bits per heavy atom. The Balaban J connectivity index is 1.40. The van der Waals surface area contributed by atoms with Crippen LogP contribution in [0.15, 0.2) is 52.9 Å². The van der Waals surface area contributed by atoms with Gasteiger partial charge >= 0.3 is 0 Å². The highest BCUT2D eigenvalue weighted by molar-refractivity contribution is 6.02. The van der Waals surface area contributed by atoms with Crippen molar-refractivity contribution in [2.75, 3.05) is 11.9 Å². The number of alkyl halides is 2. The smallest absolute Gasteiger partial charge is 0.291 e. The van der Waals surface area contributed by atoms with Crippen LogP contribution in [0.1, 0.15) is 33.9 Å². The fraction of sp³-hybridized carbons (Fsp3) is 0.261. The fourth-order valence-electron chi connectivity index (χ4n) is 3.57. The number of halogens is 2. The number of hydrogen-bond donors (Lipinski definition) is 1. The van der Waals surface area contributed by atoms with Gasteiger partial charge in [-0.15, -0.1) is 0 Å². The third-order valence-corrected chi connectivity index (χ3v) is 5.07. The normalized spacial score (nSPS) is 12.5. The lowest BCUT2D eigenvalue weighted by molar-refractivity contribution is -0.384. The molecular weight excluding hydrogens is 438 g/mol. The van der Waals surface area contributed by atoms with E-state index in [4.69, 9.17) is 13.9 Å². The van der Waals surface area contributed by atoms with Gasteiger partial charge < -0.3 is 19.2 Å². The number of hydrogen-bond acceptors (Lipinski definition) is 6. The van der Waals surface area contributed by atoms with Crippen LogP contribution in [0.3, 0.4) is 0 Å². The van der Waals surface area contributed by atoms with Crippen molar-refractivity contribution in [1.82, 2.24) is 0 Å². The molecule has 172 valence electrons. The summed E-state index contributed by atoms with van der Waals surface area (Å²) in [6, 6.07) is 12.3. The lowest BCUT2D eigenvalue weighted by Crippen LogP contribution is -2.12. The molecule has 8 nitrogen and oxygen atoms in total. The molecule has 0 saturated carbocycles. The molecular formula is C23H20F2N2O6. The SMILES string of the molecule is O=C(Nc1cc(OCC(F)F)cc([N+](=O)[O-])c1)c1ccc(COc2ccc3c(c2)CCC3)o1. The summed E-state index contributed by atoms with van der Waals surface area (Å²) in [6.45, 7) is -0.811. The molecule has 33 heavy (non-hydrogen) atoms. The molecule has 0 unspecified atom stereocenters. The highest BCUT2D eigenvalue weighted by Crippen LogP contribution is 2.28. The Hall–Kier alpha value is -3.95. The molecule has 1 aromatic heterocycles. The third-order valence-electron chi connectivity index (χ3n) is 5.07. The van der Waals surface area contributed by atoms with Gasteiger partial charge in [0.2, 0.25) is 0 Å². The van der Waals surface area contributed by atoms with Gasteiger partial charge in [0.05, 0.1) is 16.7 Å². The highest BCUT2D eigenvalue weighted by atomic mass is 19.3. The van der Waals surface area contributed by atoms with E-state index in [1.807, 2.05) is 12.1 Å².